The minimum atomic E-state index is -0.0550. The van der Waals surface area contributed by atoms with Gasteiger partial charge in [0.15, 0.2) is 0 Å². The van der Waals surface area contributed by atoms with Crippen LogP contribution in [0.1, 0.15) is 29.0 Å². The van der Waals surface area contributed by atoms with Gasteiger partial charge in [-0.25, -0.2) is 4.98 Å². The van der Waals surface area contributed by atoms with Crippen LogP contribution in [-0.4, -0.2) is 17.4 Å². The van der Waals surface area contributed by atoms with Crippen LogP contribution in [0.5, 0.6) is 0 Å². The second-order valence-electron chi connectivity index (χ2n) is 3.82. The lowest BCUT2D eigenvalue weighted by molar-refractivity contribution is 0.0946. The van der Waals surface area contributed by atoms with Crippen LogP contribution in [0.4, 0.5) is 0 Å². The van der Waals surface area contributed by atoms with Gasteiger partial charge in [0.25, 0.3) is 5.91 Å². The molecular formula is C11H14N2O. The Kier molecular flexibility index (Phi) is 2.48. The molecule has 3 heteroatoms. The van der Waals surface area contributed by atoms with E-state index in [2.05, 4.69) is 10.3 Å². The molecule has 1 saturated carbocycles. The fourth-order valence-electron chi connectivity index (χ4n) is 1.32. The summed E-state index contributed by atoms with van der Waals surface area (Å²) >= 11 is 0. The molecule has 0 unspecified atom stereocenters. The first-order valence-corrected chi connectivity index (χ1v) is 4.97. The van der Waals surface area contributed by atoms with E-state index in [0.717, 1.165) is 12.2 Å². The Morgan fingerprint density at radius 2 is 2.36 bits per heavy atom. The van der Waals surface area contributed by atoms with Crippen LogP contribution in [-0.2, 0) is 0 Å². The molecule has 1 aromatic rings. The molecule has 0 spiro atoms. The predicted molar refractivity (Wildman–Crippen MR) is 54.0 cm³/mol. The number of rotatable bonds is 3. The molecule has 0 atom stereocenters. The van der Waals surface area contributed by atoms with E-state index in [1.807, 2.05) is 19.1 Å². The lowest BCUT2D eigenvalue weighted by Crippen LogP contribution is -2.26. The van der Waals surface area contributed by atoms with Crippen LogP contribution >= 0.6 is 0 Å². The molecule has 74 valence electrons. The summed E-state index contributed by atoms with van der Waals surface area (Å²) in [6, 6.07) is 5.49. The van der Waals surface area contributed by atoms with Crippen molar-refractivity contribution in [1.29, 1.82) is 0 Å². The van der Waals surface area contributed by atoms with Crippen LogP contribution in [0.2, 0.25) is 0 Å². The number of carbonyl (C=O) groups is 1. The van der Waals surface area contributed by atoms with Gasteiger partial charge in [0.2, 0.25) is 0 Å². The zero-order chi connectivity index (χ0) is 9.97. The SMILES string of the molecule is Cc1cccc(C(=O)NCC2CC2)n1. The number of aromatic nitrogens is 1. The number of aryl methyl sites for hydroxylation is 1. The maximum Gasteiger partial charge on any atom is 0.269 e. The Labute approximate surface area is 83.5 Å². The highest BCUT2D eigenvalue weighted by Gasteiger charge is 2.21. The van der Waals surface area contributed by atoms with Gasteiger partial charge in [0.05, 0.1) is 0 Å². The monoisotopic (exact) mass is 190 g/mol. The van der Waals surface area contributed by atoms with Gasteiger partial charge in [-0.1, -0.05) is 6.07 Å². The second kappa shape index (κ2) is 3.78. The van der Waals surface area contributed by atoms with Crippen LogP contribution in [0.15, 0.2) is 18.2 Å². The molecule has 14 heavy (non-hydrogen) atoms. The van der Waals surface area contributed by atoms with Crippen molar-refractivity contribution in [3.05, 3.63) is 29.6 Å². The van der Waals surface area contributed by atoms with Crippen molar-refractivity contribution in [3.63, 3.8) is 0 Å². The number of hydrogen-bond donors (Lipinski definition) is 1. The molecule has 0 bridgehead atoms. The number of nitrogens with one attached hydrogen (secondary N) is 1. The molecule has 1 aliphatic rings. The van der Waals surface area contributed by atoms with Crippen molar-refractivity contribution >= 4 is 5.91 Å². The number of amides is 1. The van der Waals surface area contributed by atoms with Gasteiger partial charge in [-0.15, -0.1) is 0 Å². The van der Waals surface area contributed by atoms with Crippen LogP contribution < -0.4 is 5.32 Å². The Balaban J connectivity index is 1.95. The Morgan fingerprint density at radius 1 is 1.57 bits per heavy atom. The van der Waals surface area contributed by atoms with Crippen molar-refractivity contribution in [2.75, 3.05) is 6.54 Å². The van der Waals surface area contributed by atoms with Gasteiger partial charge in [0.1, 0.15) is 5.69 Å². The molecule has 1 fully saturated rings. The summed E-state index contributed by atoms with van der Waals surface area (Å²) < 4.78 is 0. The Bertz CT molecular complexity index is 345. The van der Waals surface area contributed by atoms with Crippen LogP contribution in [0.25, 0.3) is 0 Å². The van der Waals surface area contributed by atoms with E-state index >= 15 is 0 Å². The molecule has 1 aromatic heterocycles. The van der Waals surface area contributed by atoms with Gasteiger partial charge in [-0.2, -0.15) is 0 Å². The summed E-state index contributed by atoms with van der Waals surface area (Å²) in [5.41, 5.74) is 1.40. The third-order valence-electron chi connectivity index (χ3n) is 2.37. The quantitative estimate of drug-likeness (QED) is 0.785. The van der Waals surface area contributed by atoms with Crippen molar-refractivity contribution in [1.82, 2.24) is 10.3 Å². The topological polar surface area (TPSA) is 42.0 Å². The fourth-order valence-corrected chi connectivity index (χ4v) is 1.32. The second-order valence-corrected chi connectivity index (χ2v) is 3.82. The van der Waals surface area contributed by atoms with Gasteiger partial charge in [-0.05, 0) is 37.8 Å². The third kappa shape index (κ3) is 2.31. The van der Waals surface area contributed by atoms with E-state index in [-0.39, 0.29) is 5.91 Å². The predicted octanol–water partition coefficient (Wildman–Crippen LogP) is 1.53. The number of carbonyl (C=O) groups excluding carboxylic acids is 1. The number of nitrogens with zero attached hydrogens (tertiary/aromatic N) is 1. The first-order chi connectivity index (χ1) is 6.75. The minimum absolute atomic E-state index is 0.0550. The average Bonchev–Trinajstić information content (AvgIpc) is 2.97. The summed E-state index contributed by atoms with van der Waals surface area (Å²) in [7, 11) is 0. The highest BCUT2D eigenvalue weighted by Crippen LogP contribution is 2.27. The fraction of sp³-hybridized carbons (Fsp3) is 0.455. The van der Waals surface area contributed by atoms with E-state index in [0.29, 0.717) is 11.6 Å². The molecule has 2 rings (SSSR count). The highest BCUT2D eigenvalue weighted by atomic mass is 16.1. The van der Waals surface area contributed by atoms with Gasteiger partial charge in [-0.3, -0.25) is 4.79 Å². The normalized spacial score (nSPS) is 15.2. The van der Waals surface area contributed by atoms with Gasteiger partial charge >= 0.3 is 0 Å². The van der Waals surface area contributed by atoms with Crippen molar-refractivity contribution in [3.8, 4) is 0 Å². The first kappa shape index (κ1) is 9.19. The zero-order valence-electron chi connectivity index (χ0n) is 8.29. The molecule has 1 aliphatic carbocycles. The Hall–Kier alpha value is -1.38. The number of hydrogen-bond acceptors (Lipinski definition) is 2. The van der Waals surface area contributed by atoms with Crippen molar-refractivity contribution in [2.45, 2.75) is 19.8 Å². The largest absolute Gasteiger partial charge is 0.350 e. The van der Waals surface area contributed by atoms with Crippen LogP contribution in [0, 0.1) is 12.8 Å². The minimum Gasteiger partial charge on any atom is -0.350 e. The molecule has 0 radical (unpaired) electrons. The molecule has 1 heterocycles. The van der Waals surface area contributed by atoms with Crippen molar-refractivity contribution < 1.29 is 4.79 Å². The molecule has 1 N–H and O–H groups in total. The third-order valence-corrected chi connectivity index (χ3v) is 2.37. The lowest BCUT2D eigenvalue weighted by atomic mass is 10.3. The van der Waals surface area contributed by atoms with Gasteiger partial charge in [0, 0.05) is 12.2 Å². The molecule has 3 nitrogen and oxygen atoms in total. The van der Waals surface area contributed by atoms with E-state index in [9.17, 15) is 4.79 Å². The maximum atomic E-state index is 11.6. The zero-order valence-corrected chi connectivity index (χ0v) is 8.29. The van der Waals surface area contributed by atoms with E-state index < -0.39 is 0 Å². The summed E-state index contributed by atoms with van der Waals surface area (Å²) in [6.45, 7) is 2.69. The summed E-state index contributed by atoms with van der Waals surface area (Å²) in [5.74, 6) is 0.657. The van der Waals surface area contributed by atoms with Gasteiger partial charge < -0.3 is 5.32 Å². The van der Waals surface area contributed by atoms with E-state index in [4.69, 9.17) is 0 Å². The standard InChI is InChI=1S/C11H14N2O/c1-8-3-2-4-10(13-8)11(14)12-7-9-5-6-9/h2-4,9H,5-7H2,1H3,(H,12,14). The number of pyridine rings is 1. The van der Waals surface area contributed by atoms with E-state index in [1.54, 1.807) is 6.07 Å². The molecular weight excluding hydrogens is 176 g/mol. The summed E-state index contributed by atoms with van der Waals surface area (Å²) in [6.07, 6.45) is 2.50. The average molecular weight is 190 g/mol. The summed E-state index contributed by atoms with van der Waals surface area (Å²) in [4.78, 5) is 15.7. The summed E-state index contributed by atoms with van der Waals surface area (Å²) in [5, 5.41) is 2.89. The van der Waals surface area contributed by atoms with E-state index in [1.165, 1.54) is 12.8 Å². The molecule has 0 saturated heterocycles. The highest BCUT2D eigenvalue weighted by molar-refractivity contribution is 5.92. The first-order valence-electron chi connectivity index (χ1n) is 4.97. The molecule has 0 aliphatic heterocycles. The molecule has 0 aromatic carbocycles. The smallest absolute Gasteiger partial charge is 0.269 e. The maximum absolute atomic E-state index is 11.6. The lowest BCUT2D eigenvalue weighted by Gasteiger charge is -2.03. The Morgan fingerprint density at radius 3 is 3.00 bits per heavy atom. The van der Waals surface area contributed by atoms with Crippen molar-refractivity contribution in [2.24, 2.45) is 5.92 Å². The van der Waals surface area contributed by atoms with Crippen LogP contribution in [0.3, 0.4) is 0 Å². The molecule has 1 amide bonds.